The van der Waals surface area contributed by atoms with E-state index in [-0.39, 0.29) is 5.91 Å². The molecule has 0 fully saturated rings. The molecule has 0 aliphatic carbocycles. The van der Waals surface area contributed by atoms with Crippen molar-refractivity contribution in [3.8, 4) is 11.5 Å². The molecule has 6 heteroatoms. The quantitative estimate of drug-likeness (QED) is 0.441. The van der Waals surface area contributed by atoms with Gasteiger partial charge in [-0.2, -0.15) is 0 Å². The second-order valence-corrected chi connectivity index (χ2v) is 6.21. The number of hydrogen-bond donors (Lipinski definition) is 0. The molecule has 0 radical (unpaired) electrons. The van der Waals surface area contributed by atoms with Crippen molar-refractivity contribution in [2.75, 3.05) is 0 Å². The number of nitrogens with zero attached hydrogens (tertiary/aromatic N) is 4. The van der Waals surface area contributed by atoms with Gasteiger partial charge in [-0.05, 0) is 36.4 Å². The van der Waals surface area contributed by atoms with Crippen LogP contribution in [0.15, 0.2) is 85.5 Å². The number of imidazole rings is 1. The lowest BCUT2D eigenvalue weighted by molar-refractivity contribution is 0.0961. The molecule has 5 aromatic rings. The Bertz CT molecular complexity index is 1300. The highest BCUT2D eigenvalue weighted by Gasteiger charge is 2.16. The molecule has 3 aromatic carbocycles. The van der Waals surface area contributed by atoms with Gasteiger partial charge in [0.05, 0.1) is 16.6 Å². The summed E-state index contributed by atoms with van der Waals surface area (Å²) in [4.78, 5) is 26.3. The standard InChI is InChI=1S/C22H14N4O2/c27-22(26-13-12-23-14-26)16-8-4-9-17-20(16)25-21-18(24-17)10-5-11-19(21)28-15-6-2-1-3-7-15/h1-14H. The molecule has 0 amide bonds. The second-order valence-electron chi connectivity index (χ2n) is 6.21. The molecular formula is C22H14N4O2. The van der Waals surface area contributed by atoms with Gasteiger partial charge < -0.3 is 4.74 Å². The lowest BCUT2D eigenvalue weighted by atomic mass is 10.1. The first kappa shape index (κ1) is 16.1. The van der Waals surface area contributed by atoms with Crippen LogP contribution in [0.2, 0.25) is 0 Å². The number of rotatable bonds is 3. The van der Waals surface area contributed by atoms with E-state index in [0.717, 1.165) is 0 Å². The highest BCUT2D eigenvalue weighted by Crippen LogP contribution is 2.30. The highest BCUT2D eigenvalue weighted by molar-refractivity contribution is 6.07. The fourth-order valence-corrected chi connectivity index (χ4v) is 3.08. The monoisotopic (exact) mass is 366 g/mol. The third-order valence-electron chi connectivity index (χ3n) is 4.40. The van der Waals surface area contributed by atoms with E-state index in [1.807, 2.05) is 54.6 Å². The fraction of sp³-hybridized carbons (Fsp3) is 0. The van der Waals surface area contributed by atoms with Crippen LogP contribution in [0.4, 0.5) is 0 Å². The molecule has 5 rings (SSSR count). The van der Waals surface area contributed by atoms with E-state index < -0.39 is 0 Å². The summed E-state index contributed by atoms with van der Waals surface area (Å²) in [6.45, 7) is 0. The minimum absolute atomic E-state index is 0.210. The molecule has 28 heavy (non-hydrogen) atoms. The Morgan fingerprint density at radius 1 is 0.821 bits per heavy atom. The van der Waals surface area contributed by atoms with E-state index in [1.54, 1.807) is 24.5 Å². The van der Waals surface area contributed by atoms with Gasteiger partial charge in [0.2, 0.25) is 0 Å². The van der Waals surface area contributed by atoms with Crippen molar-refractivity contribution in [3.63, 3.8) is 0 Å². The molecule has 0 unspecified atom stereocenters. The van der Waals surface area contributed by atoms with Crippen molar-refractivity contribution in [3.05, 3.63) is 91.0 Å². The van der Waals surface area contributed by atoms with Crippen LogP contribution in [-0.4, -0.2) is 25.4 Å². The summed E-state index contributed by atoms with van der Waals surface area (Å²) in [5.41, 5.74) is 2.94. The molecule has 0 N–H and O–H groups in total. The van der Waals surface area contributed by atoms with Crippen molar-refractivity contribution < 1.29 is 9.53 Å². The Balaban J connectivity index is 1.70. The van der Waals surface area contributed by atoms with Gasteiger partial charge >= 0.3 is 0 Å². The van der Waals surface area contributed by atoms with Gasteiger partial charge in [0.15, 0.2) is 5.75 Å². The average molecular weight is 366 g/mol. The van der Waals surface area contributed by atoms with Crippen molar-refractivity contribution in [1.29, 1.82) is 0 Å². The first-order valence-corrected chi connectivity index (χ1v) is 8.75. The normalized spacial score (nSPS) is 11.0. The smallest absolute Gasteiger partial charge is 0.265 e. The lowest BCUT2D eigenvalue weighted by Crippen LogP contribution is -2.11. The number of hydrogen-bond acceptors (Lipinski definition) is 5. The zero-order chi connectivity index (χ0) is 18.9. The number of fused-ring (bicyclic) bond motifs is 2. The summed E-state index contributed by atoms with van der Waals surface area (Å²) in [7, 11) is 0. The molecule has 0 saturated carbocycles. The fourth-order valence-electron chi connectivity index (χ4n) is 3.08. The predicted octanol–water partition coefficient (Wildman–Crippen LogP) is 4.46. The van der Waals surface area contributed by atoms with Crippen molar-refractivity contribution in [2.45, 2.75) is 0 Å². The van der Waals surface area contributed by atoms with Gasteiger partial charge in [-0.3, -0.25) is 9.36 Å². The molecule has 2 aromatic heterocycles. The van der Waals surface area contributed by atoms with Gasteiger partial charge in [0.1, 0.15) is 23.1 Å². The first-order valence-electron chi connectivity index (χ1n) is 8.75. The van der Waals surface area contributed by atoms with Gasteiger partial charge in [0, 0.05) is 12.4 Å². The maximum atomic E-state index is 12.9. The Labute approximate surface area is 160 Å². The largest absolute Gasteiger partial charge is 0.455 e. The number of carbonyl (C=O) groups excluding carboxylic acids is 1. The molecule has 2 heterocycles. The number of carbonyl (C=O) groups is 1. The summed E-state index contributed by atoms with van der Waals surface area (Å²) in [5.74, 6) is 1.08. The summed E-state index contributed by atoms with van der Waals surface area (Å²) < 4.78 is 7.43. The summed E-state index contributed by atoms with van der Waals surface area (Å²) in [6.07, 6.45) is 4.65. The zero-order valence-corrected chi connectivity index (χ0v) is 14.7. The van der Waals surface area contributed by atoms with Gasteiger partial charge in [-0.25, -0.2) is 15.0 Å². The minimum Gasteiger partial charge on any atom is -0.455 e. The first-order chi connectivity index (χ1) is 13.8. The summed E-state index contributed by atoms with van der Waals surface area (Å²) >= 11 is 0. The van der Waals surface area contributed by atoms with Crippen molar-refractivity contribution in [1.82, 2.24) is 19.5 Å². The van der Waals surface area contributed by atoms with E-state index in [2.05, 4.69) is 9.97 Å². The average Bonchev–Trinajstić information content (AvgIpc) is 3.27. The topological polar surface area (TPSA) is 69.9 Å². The minimum atomic E-state index is -0.210. The van der Waals surface area contributed by atoms with E-state index in [0.29, 0.717) is 39.1 Å². The number of benzene rings is 3. The number of para-hydroxylation sites is 3. The van der Waals surface area contributed by atoms with Crippen LogP contribution in [0.25, 0.3) is 22.1 Å². The Hall–Kier alpha value is -4.06. The molecule has 6 nitrogen and oxygen atoms in total. The predicted molar refractivity (Wildman–Crippen MR) is 106 cm³/mol. The van der Waals surface area contributed by atoms with Crippen LogP contribution >= 0.6 is 0 Å². The summed E-state index contributed by atoms with van der Waals surface area (Å²) in [6, 6.07) is 20.5. The second kappa shape index (κ2) is 6.59. The van der Waals surface area contributed by atoms with Crippen LogP contribution < -0.4 is 4.74 Å². The third-order valence-corrected chi connectivity index (χ3v) is 4.40. The zero-order valence-electron chi connectivity index (χ0n) is 14.7. The van der Waals surface area contributed by atoms with Crippen molar-refractivity contribution in [2.24, 2.45) is 0 Å². The Morgan fingerprint density at radius 2 is 1.61 bits per heavy atom. The maximum Gasteiger partial charge on any atom is 0.265 e. The number of aromatic nitrogens is 4. The van der Waals surface area contributed by atoms with E-state index in [9.17, 15) is 4.79 Å². The van der Waals surface area contributed by atoms with Gasteiger partial charge in [-0.15, -0.1) is 0 Å². The Kier molecular flexibility index (Phi) is 3.80. The molecule has 0 atom stereocenters. The third kappa shape index (κ3) is 2.77. The van der Waals surface area contributed by atoms with Gasteiger partial charge in [-0.1, -0.05) is 30.3 Å². The number of ether oxygens (including phenoxy) is 1. The molecule has 0 spiro atoms. The van der Waals surface area contributed by atoms with Crippen LogP contribution in [-0.2, 0) is 0 Å². The van der Waals surface area contributed by atoms with Crippen LogP contribution in [0, 0.1) is 0 Å². The molecule has 0 bridgehead atoms. The molecular weight excluding hydrogens is 352 g/mol. The highest BCUT2D eigenvalue weighted by atomic mass is 16.5. The lowest BCUT2D eigenvalue weighted by Gasteiger charge is -2.10. The summed E-state index contributed by atoms with van der Waals surface area (Å²) in [5, 5.41) is 0. The molecule has 0 saturated heterocycles. The molecule has 0 aliphatic heterocycles. The van der Waals surface area contributed by atoms with Crippen molar-refractivity contribution >= 4 is 28.0 Å². The van der Waals surface area contributed by atoms with Crippen LogP contribution in [0.5, 0.6) is 11.5 Å². The molecule has 134 valence electrons. The SMILES string of the molecule is O=C(c1cccc2nc3cccc(Oc4ccccc4)c3nc12)n1ccnc1. The van der Waals surface area contributed by atoms with E-state index in [1.165, 1.54) is 10.9 Å². The van der Waals surface area contributed by atoms with E-state index in [4.69, 9.17) is 9.72 Å². The molecule has 0 aliphatic rings. The van der Waals surface area contributed by atoms with Crippen LogP contribution in [0.1, 0.15) is 10.4 Å². The maximum absolute atomic E-state index is 12.9. The van der Waals surface area contributed by atoms with Crippen LogP contribution in [0.3, 0.4) is 0 Å². The van der Waals surface area contributed by atoms with E-state index >= 15 is 0 Å². The Morgan fingerprint density at radius 3 is 2.39 bits per heavy atom. The van der Waals surface area contributed by atoms with Gasteiger partial charge in [0.25, 0.3) is 5.91 Å².